The van der Waals surface area contributed by atoms with Gasteiger partial charge in [0, 0.05) is 44.7 Å². The zero-order valence-corrected chi connectivity index (χ0v) is 26.4. The van der Waals surface area contributed by atoms with Crippen molar-refractivity contribution in [2.75, 3.05) is 42.5 Å². The molecule has 3 heterocycles. The fourth-order valence-electron chi connectivity index (χ4n) is 5.90. The molecule has 2 fully saturated rings. The molecule has 1 aromatic heterocycles. The van der Waals surface area contributed by atoms with Crippen LogP contribution >= 0.6 is 0 Å². The van der Waals surface area contributed by atoms with E-state index in [2.05, 4.69) is 10.2 Å². The van der Waals surface area contributed by atoms with Crippen molar-refractivity contribution in [3.05, 3.63) is 108 Å². The molecular weight excluding hydrogens is 634 g/mol. The van der Waals surface area contributed by atoms with Gasteiger partial charge in [-0.1, -0.05) is 42.0 Å². The van der Waals surface area contributed by atoms with Crippen LogP contribution in [0.1, 0.15) is 17.5 Å². The molecular formula is C34H33F4N5O3S. The minimum absolute atomic E-state index is 0.0745. The first kappa shape index (κ1) is 32.5. The fourth-order valence-corrected chi connectivity index (χ4v) is 7.52. The van der Waals surface area contributed by atoms with Gasteiger partial charge in [0.25, 0.3) is 5.92 Å². The Morgan fingerprint density at radius 3 is 2.26 bits per heavy atom. The number of benzene rings is 3. The first-order valence-electron chi connectivity index (χ1n) is 15.1. The molecule has 0 bridgehead atoms. The Balaban J connectivity index is 1.23. The summed E-state index contributed by atoms with van der Waals surface area (Å²) in [5.41, 5.74) is 3.70. The third-order valence-corrected chi connectivity index (χ3v) is 10.3. The van der Waals surface area contributed by atoms with Crippen LogP contribution in [-0.4, -0.2) is 68.3 Å². The SMILES string of the molecule is Cc1ccc(-c2cc(CNC(=O)[C@@H]3CC(F)(F)CN3S(=O)(=O)c3ccc(F)cc3)cc(N3CCN(c4ccccc4F)CC3)n2)cc1. The summed E-state index contributed by atoms with van der Waals surface area (Å²) in [6.45, 7) is 2.94. The van der Waals surface area contributed by atoms with E-state index in [1.165, 1.54) is 6.07 Å². The quantitative estimate of drug-likeness (QED) is 0.254. The fraction of sp³-hybridized carbons (Fsp3) is 0.294. The van der Waals surface area contributed by atoms with Crippen molar-refractivity contribution in [1.82, 2.24) is 14.6 Å². The van der Waals surface area contributed by atoms with Crippen LogP contribution in [0.15, 0.2) is 89.8 Å². The van der Waals surface area contributed by atoms with Gasteiger partial charge in [-0.3, -0.25) is 4.79 Å². The summed E-state index contributed by atoms with van der Waals surface area (Å²) in [5.74, 6) is -4.64. The molecule has 13 heteroatoms. The highest BCUT2D eigenvalue weighted by atomic mass is 32.2. The van der Waals surface area contributed by atoms with Crippen LogP contribution in [0.25, 0.3) is 11.3 Å². The average Bonchev–Trinajstić information content (AvgIpc) is 3.40. The molecule has 3 aromatic carbocycles. The van der Waals surface area contributed by atoms with E-state index in [4.69, 9.17) is 4.98 Å². The number of sulfonamides is 1. The number of amides is 1. The number of anilines is 2. The molecule has 2 saturated heterocycles. The van der Waals surface area contributed by atoms with E-state index in [1.54, 1.807) is 30.3 Å². The molecule has 4 aromatic rings. The lowest BCUT2D eigenvalue weighted by molar-refractivity contribution is -0.124. The molecule has 0 unspecified atom stereocenters. The van der Waals surface area contributed by atoms with Crippen LogP contribution in [0.5, 0.6) is 0 Å². The van der Waals surface area contributed by atoms with Gasteiger partial charge in [0.1, 0.15) is 23.5 Å². The summed E-state index contributed by atoms with van der Waals surface area (Å²) in [7, 11) is -4.52. The number of halogens is 4. The second kappa shape index (κ2) is 13.0. The molecule has 6 rings (SSSR count). The van der Waals surface area contributed by atoms with Crippen LogP contribution in [0.3, 0.4) is 0 Å². The largest absolute Gasteiger partial charge is 0.366 e. The number of alkyl halides is 2. The molecule has 2 aliphatic heterocycles. The zero-order valence-electron chi connectivity index (χ0n) is 25.5. The molecule has 2 aliphatic rings. The maximum absolute atomic E-state index is 14.6. The summed E-state index contributed by atoms with van der Waals surface area (Å²) in [5, 5.41) is 2.66. The van der Waals surface area contributed by atoms with Gasteiger partial charge in [0.15, 0.2) is 0 Å². The van der Waals surface area contributed by atoms with E-state index < -0.39 is 46.7 Å². The maximum Gasteiger partial charge on any atom is 0.263 e. The number of aryl methyl sites for hydroxylation is 1. The molecule has 246 valence electrons. The van der Waals surface area contributed by atoms with Crippen LogP contribution in [0.2, 0.25) is 0 Å². The summed E-state index contributed by atoms with van der Waals surface area (Å²) in [6.07, 6.45) is -0.984. The minimum atomic E-state index is -4.52. The Hall–Kier alpha value is -4.49. The lowest BCUT2D eigenvalue weighted by atomic mass is 10.1. The number of nitrogens with one attached hydrogen (secondary N) is 1. The van der Waals surface area contributed by atoms with Gasteiger partial charge in [-0.2, -0.15) is 4.31 Å². The van der Waals surface area contributed by atoms with Crippen LogP contribution in [0.4, 0.5) is 29.1 Å². The number of piperazine rings is 1. The maximum atomic E-state index is 14.6. The summed E-state index contributed by atoms with van der Waals surface area (Å²) >= 11 is 0. The van der Waals surface area contributed by atoms with Crippen molar-refractivity contribution < 1.29 is 30.8 Å². The number of pyridine rings is 1. The van der Waals surface area contributed by atoms with Crippen LogP contribution < -0.4 is 15.1 Å². The Kier molecular flexibility index (Phi) is 8.95. The van der Waals surface area contributed by atoms with E-state index in [-0.39, 0.29) is 17.3 Å². The molecule has 1 atom stereocenters. The van der Waals surface area contributed by atoms with Crippen LogP contribution in [-0.2, 0) is 21.4 Å². The number of nitrogens with zero attached hydrogens (tertiary/aromatic N) is 4. The van der Waals surface area contributed by atoms with Crippen molar-refractivity contribution in [3.8, 4) is 11.3 Å². The molecule has 1 amide bonds. The molecule has 8 nitrogen and oxygen atoms in total. The Bertz CT molecular complexity index is 1870. The number of hydrogen-bond acceptors (Lipinski definition) is 6. The van der Waals surface area contributed by atoms with Gasteiger partial charge < -0.3 is 15.1 Å². The first-order chi connectivity index (χ1) is 22.4. The number of rotatable bonds is 8. The Morgan fingerprint density at radius 2 is 1.57 bits per heavy atom. The zero-order chi connectivity index (χ0) is 33.3. The molecule has 0 aliphatic carbocycles. The third kappa shape index (κ3) is 7.10. The lowest BCUT2D eigenvalue weighted by Crippen LogP contribution is -2.47. The van der Waals surface area contributed by atoms with Crippen molar-refractivity contribution in [2.45, 2.75) is 36.7 Å². The normalized spacial score (nSPS) is 18.4. The summed E-state index contributed by atoms with van der Waals surface area (Å²) < 4.78 is 84.0. The number of carbonyl (C=O) groups excluding carboxylic acids is 1. The summed E-state index contributed by atoms with van der Waals surface area (Å²) in [4.78, 5) is 21.9. The molecule has 0 radical (unpaired) electrons. The molecule has 47 heavy (non-hydrogen) atoms. The van der Waals surface area contributed by atoms with Gasteiger partial charge in [-0.05, 0) is 61.0 Å². The monoisotopic (exact) mass is 667 g/mol. The second-order valence-electron chi connectivity index (χ2n) is 11.8. The van der Waals surface area contributed by atoms with E-state index in [0.717, 1.165) is 35.4 Å². The smallest absolute Gasteiger partial charge is 0.263 e. The predicted molar refractivity (Wildman–Crippen MR) is 171 cm³/mol. The standard InChI is InChI=1S/C34H33F4N5O3S/c1-23-6-8-25(9-7-23)29-18-24(19-32(40-29)42-16-14-41(15-17-42)30-5-3-2-4-28(30)36)21-39-33(44)31-20-34(37,38)22-43(31)47(45,46)27-12-10-26(35)11-13-27/h2-13,18-19,31H,14-17,20-22H2,1H3,(H,39,44)/t31-/m0/s1. The van der Waals surface area contributed by atoms with Crippen molar-refractivity contribution in [2.24, 2.45) is 0 Å². The average molecular weight is 668 g/mol. The number of hydrogen-bond donors (Lipinski definition) is 1. The Morgan fingerprint density at radius 1 is 0.915 bits per heavy atom. The highest BCUT2D eigenvalue weighted by Crippen LogP contribution is 2.36. The second-order valence-corrected chi connectivity index (χ2v) is 13.7. The predicted octanol–water partition coefficient (Wildman–Crippen LogP) is 5.38. The highest BCUT2D eigenvalue weighted by Gasteiger charge is 2.52. The highest BCUT2D eigenvalue weighted by molar-refractivity contribution is 7.89. The molecule has 1 N–H and O–H groups in total. The van der Waals surface area contributed by atoms with E-state index in [1.807, 2.05) is 36.1 Å². The first-order valence-corrected chi connectivity index (χ1v) is 16.6. The van der Waals surface area contributed by atoms with Gasteiger partial charge in [-0.25, -0.2) is 31.0 Å². The number of carbonyl (C=O) groups is 1. The third-order valence-electron chi connectivity index (χ3n) is 8.43. The topological polar surface area (TPSA) is 85.8 Å². The van der Waals surface area contributed by atoms with Gasteiger partial charge >= 0.3 is 0 Å². The Labute approximate surface area is 270 Å². The van der Waals surface area contributed by atoms with E-state index in [0.29, 0.717) is 53.2 Å². The number of para-hydroxylation sites is 1. The van der Waals surface area contributed by atoms with Crippen LogP contribution in [0, 0.1) is 18.6 Å². The van der Waals surface area contributed by atoms with E-state index >= 15 is 0 Å². The van der Waals surface area contributed by atoms with Crippen molar-refractivity contribution in [3.63, 3.8) is 0 Å². The van der Waals surface area contributed by atoms with E-state index in [9.17, 15) is 30.8 Å². The van der Waals surface area contributed by atoms with Crippen molar-refractivity contribution in [1.29, 1.82) is 0 Å². The van der Waals surface area contributed by atoms with Gasteiger partial charge in [0.2, 0.25) is 15.9 Å². The lowest BCUT2D eigenvalue weighted by Gasteiger charge is -2.37. The molecule has 0 saturated carbocycles. The molecule has 0 spiro atoms. The van der Waals surface area contributed by atoms with Gasteiger partial charge in [0.05, 0.1) is 22.8 Å². The number of aromatic nitrogens is 1. The summed E-state index contributed by atoms with van der Waals surface area (Å²) in [6, 6.07) is 20.1. The van der Waals surface area contributed by atoms with Gasteiger partial charge in [-0.15, -0.1) is 0 Å². The van der Waals surface area contributed by atoms with Crippen molar-refractivity contribution >= 4 is 27.4 Å². The minimum Gasteiger partial charge on any atom is -0.366 e.